The topological polar surface area (TPSA) is 101 Å². The predicted octanol–water partition coefficient (Wildman–Crippen LogP) is 5.35. The Balaban J connectivity index is 1.46. The number of hydrogen-bond acceptors (Lipinski definition) is 7. The van der Waals surface area contributed by atoms with Crippen LogP contribution in [0.3, 0.4) is 0 Å². The number of anilines is 1. The molecule has 3 aromatic rings. The molecule has 1 aromatic heterocycles. The summed E-state index contributed by atoms with van der Waals surface area (Å²) in [6.07, 6.45) is 2.38. The molecule has 8 nitrogen and oxygen atoms in total. The monoisotopic (exact) mass is 512 g/mol. The number of thioether (sulfide) groups is 1. The molecular formula is C24H18ClFN4O4S. The van der Waals surface area contributed by atoms with Gasteiger partial charge in [-0.3, -0.25) is 19.3 Å². The molecule has 0 unspecified atom stereocenters. The molecule has 11 heteroatoms. The molecule has 4 rings (SSSR count). The summed E-state index contributed by atoms with van der Waals surface area (Å²) < 4.78 is 19.3. The van der Waals surface area contributed by atoms with Crippen molar-refractivity contribution in [2.45, 2.75) is 13.8 Å². The van der Waals surface area contributed by atoms with E-state index in [4.69, 9.17) is 16.3 Å². The third-order valence-corrected chi connectivity index (χ3v) is 6.20. The van der Waals surface area contributed by atoms with Crippen molar-refractivity contribution in [1.82, 2.24) is 14.9 Å². The molecule has 1 fully saturated rings. The highest BCUT2D eigenvalue weighted by molar-refractivity contribution is 8.18. The molecule has 0 saturated carbocycles. The normalized spacial score (nSPS) is 14.5. The van der Waals surface area contributed by atoms with Gasteiger partial charge in [-0.1, -0.05) is 24.3 Å². The van der Waals surface area contributed by atoms with E-state index in [1.807, 2.05) is 26.0 Å². The van der Waals surface area contributed by atoms with Gasteiger partial charge in [0.05, 0.1) is 11.1 Å². The summed E-state index contributed by atoms with van der Waals surface area (Å²) in [7, 11) is 0. The molecule has 1 aliphatic rings. The Morgan fingerprint density at radius 1 is 1.23 bits per heavy atom. The van der Waals surface area contributed by atoms with Gasteiger partial charge in [0.1, 0.15) is 12.3 Å². The van der Waals surface area contributed by atoms with Crippen molar-refractivity contribution < 1.29 is 23.5 Å². The van der Waals surface area contributed by atoms with Gasteiger partial charge in [0.2, 0.25) is 17.0 Å². The van der Waals surface area contributed by atoms with E-state index < -0.39 is 29.4 Å². The van der Waals surface area contributed by atoms with Gasteiger partial charge >= 0.3 is 0 Å². The molecule has 178 valence electrons. The Morgan fingerprint density at radius 2 is 2.00 bits per heavy atom. The van der Waals surface area contributed by atoms with Crippen LogP contribution in [-0.2, 0) is 9.59 Å². The van der Waals surface area contributed by atoms with Crippen LogP contribution in [0.2, 0.25) is 5.28 Å². The number of imide groups is 1. The molecule has 35 heavy (non-hydrogen) atoms. The number of halogens is 2. The number of amides is 3. The van der Waals surface area contributed by atoms with Gasteiger partial charge in [0.15, 0.2) is 0 Å². The van der Waals surface area contributed by atoms with E-state index in [1.54, 1.807) is 24.3 Å². The summed E-state index contributed by atoms with van der Waals surface area (Å²) in [5.41, 5.74) is 3.05. The number of aryl methyl sites for hydroxylation is 1. The lowest BCUT2D eigenvalue weighted by Gasteiger charge is -2.14. The van der Waals surface area contributed by atoms with E-state index >= 15 is 0 Å². The summed E-state index contributed by atoms with van der Waals surface area (Å²) in [6.45, 7) is 3.39. The minimum Gasteiger partial charge on any atom is -0.436 e. The van der Waals surface area contributed by atoms with Crippen molar-refractivity contribution >= 4 is 52.2 Å². The van der Waals surface area contributed by atoms with Gasteiger partial charge in [-0.05, 0) is 78.2 Å². The molecule has 3 amide bonds. The van der Waals surface area contributed by atoms with Crippen LogP contribution in [0.1, 0.15) is 16.7 Å². The number of ether oxygens (including phenoxy) is 1. The lowest BCUT2D eigenvalue weighted by Crippen LogP contribution is -2.36. The molecule has 2 heterocycles. The molecule has 0 radical (unpaired) electrons. The van der Waals surface area contributed by atoms with Crippen molar-refractivity contribution in [1.29, 1.82) is 0 Å². The number of carbonyl (C=O) groups is 3. The van der Waals surface area contributed by atoms with E-state index in [0.29, 0.717) is 11.3 Å². The third kappa shape index (κ3) is 5.67. The highest BCUT2D eigenvalue weighted by Gasteiger charge is 2.36. The first-order chi connectivity index (χ1) is 16.7. The second-order valence-electron chi connectivity index (χ2n) is 7.53. The van der Waals surface area contributed by atoms with Gasteiger partial charge < -0.3 is 10.1 Å². The van der Waals surface area contributed by atoms with Crippen LogP contribution in [-0.4, -0.2) is 38.5 Å². The average molecular weight is 513 g/mol. The minimum absolute atomic E-state index is 0.142. The highest BCUT2D eigenvalue weighted by Crippen LogP contribution is 2.33. The number of hydrogen-bond donors (Lipinski definition) is 1. The Morgan fingerprint density at radius 3 is 2.80 bits per heavy atom. The smallest absolute Gasteiger partial charge is 0.294 e. The average Bonchev–Trinajstić information content (AvgIpc) is 3.07. The van der Waals surface area contributed by atoms with Gasteiger partial charge in [-0.15, -0.1) is 0 Å². The molecule has 0 aliphatic carbocycles. The first-order valence-corrected chi connectivity index (χ1v) is 11.5. The third-order valence-electron chi connectivity index (χ3n) is 5.11. The van der Waals surface area contributed by atoms with Gasteiger partial charge in [-0.25, -0.2) is 4.98 Å². The zero-order chi connectivity index (χ0) is 25.1. The predicted molar refractivity (Wildman–Crippen MR) is 131 cm³/mol. The number of aromatic nitrogens is 2. The van der Waals surface area contributed by atoms with Crippen LogP contribution < -0.4 is 10.1 Å². The quantitative estimate of drug-likeness (QED) is 0.350. The van der Waals surface area contributed by atoms with E-state index in [1.165, 1.54) is 12.1 Å². The minimum atomic E-state index is -0.792. The van der Waals surface area contributed by atoms with E-state index in [9.17, 15) is 18.8 Å². The van der Waals surface area contributed by atoms with Crippen LogP contribution in [0, 0.1) is 19.7 Å². The lowest BCUT2D eigenvalue weighted by molar-refractivity contribution is -0.127. The fraction of sp³-hybridized carbons (Fsp3) is 0.125. The molecule has 1 N–H and O–H groups in total. The Bertz CT molecular complexity index is 1380. The Kier molecular flexibility index (Phi) is 7.13. The maximum absolute atomic E-state index is 13.9. The van der Waals surface area contributed by atoms with Gasteiger partial charge in [-0.2, -0.15) is 9.37 Å². The molecular weight excluding hydrogens is 495 g/mol. The lowest BCUT2D eigenvalue weighted by atomic mass is 10.1. The molecule has 0 spiro atoms. The van der Waals surface area contributed by atoms with Crippen LogP contribution >= 0.6 is 23.4 Å². The maximum Gasteiger partial charge on any atom is 0.294 e. The van der Waals surface area contributed by atoms with Crippen LogP contribution in [0.15, 0.2) is 53.6 Å². The second-order valence-corrected chi connectivity index (χ2v) is 8.86. The van der Waals surface area contributed by atoms with Gasteiger partial charge in [0, 0.05) is 5.69 Å². The van der Waals surface area contributed by atoms with E-state index in [0.717, 1.165) is 34.0 Å². The van der Waals surface area contributed by atoms with Crippen molar-refractivity contribution in [3.05, 3.63) is 81.4 Å². The maximum atomic E-state index is 13.9. The van der Waals surface area contributed by atoms with Crippen molar-refractivity contribution in [2.24, 2.45) is 0 Å². The molecule has 1 aliphatic heterocycles. The molecule has 0 atom stereocenters. The first kappa shape index (κ1) is 24.4. The standard InChI is InChI=1S/C24H18ClFN4O4S/c1-13-5-3-8-18(14(13)2)28-20(31)12-30-22(32)19(35-24(30)33)10-15-6-4-7-16(9-15)34-21-17(26)11-27-23(25)29-21/h3-11H,12H2,1-2H3,(H,28,31)/b19-10+. The van der Waals surface area contributed by atoms with E-state index in [2.05, 4.69) is 15.3 Å². The fourth-order valence-corrected chi connectivity index (χ4v) is 4.15. The Labute approximate surface area is 209 Å². The van der Waals surface area contributed by atoms with Crippen LogP contribution in [0.25, 0.3) is 6.08 Å². The van der Waals surface area contributed by atoms with Crippen molar-refractivity contribution in [3.63, 3.8) is 0 Å². The summed E-state index contributed by atoms with van der Waals surface area (Å²) in [4.78, 5) is 46.0. The largest absolute Gasteiger partial charge is 0.436 e. The SMILES string of the molecule is Cc1cccc(NC(=O)CN2C(=O)S/C(=C/c3cccc(Oc4nc(Cl)ncc4F)c3)C2=O)c1C. The molecule has 0 bridgehead atoms. The number of rotatable bonds is 6. The van der Waals surface area contributed by atoms with Crippen LogP contribution in [0.4, 0.5) is 14.9 Å². The fourth-order valence-electron chi connectivity index (χ4n) is 3.19. The van der Waals surface area contributed by atoms with E-state index in [-0.39, 0.29) is 21.8 Å². The van der Waals surface area contributed by atoms with Crippen molar-refractivity contribution in [3.8, 4) is 11.6 Å². The summed E-state index contributed by atoms with van der Waals surface area (Å²) in [5.74, 6) is -1.98. The molecule has 2 aromatic carbocycles. The highest BCUT2D eigenvalue weighted by atomic mass is 35.5. The van der Waals surface area contributed by atoms with Crippen LogP contribution in [0.5, 0.6) is 11.6 Å². The molecule has 1 saturated heterocycles. The van der Waals surface area contributed by atoms with Gasteiger partial charge in [0.25, 0.3) is 17.0 Å². The summed E-state index contributed by atoms with van der Waals surface area (Å²) in [5, 5.41) is 2.02. The van der Waals surface area contributed by atoms with Crippen molar-refractivity contribution in [2.75, 3.05) is 11.9 Å². The zero-order valence-electron chi connectivity index (χ0n) is 18.5. The second kappa shape index (κ2) is 10.2. The number of nitrogens with one attached hydrogen (secondary N) is 1. The Hall–Kier alpha value is -3.76. The summed E-state index contributed by atoms with van der Waals surface area (Å²) in [6, 6.07) is 11.9. The zero-order valence-corrected chi connectivity index (χ0v) is 20.1. The number of benzene rings is 2. The number of nitrogens with zero attached hydrogens (tertiary/aromatic N) is 3. The number of carbonyl (C=O) groups excluding carboxylic acids is 3. The summed E-state index contributed by atoms with van der Waals surface area (Å²) >= 11 is 6.41. The first-order valence-electron chi connectivity index (χ1n) is 10.3.